The summed E-state index contributed by atoms with van der Waals surface area (Å²) in [5, 5.41) is 8.77. The van der Waals surface area contributed by atoms with Crippen molar-refractivity contribution in [3.05, 3.63) is 40.9 Å². The Morgan fingerprint density at radius 1 is 1.20 bits per heavy atom. The number of aromatic nitrogens is 1. The van der Waals surface area contributed by atoms with Gasteiger partial charge in [0.2, 0.25) is 5.91 Å². The first-order chi connectivity index (χ1) is 14.4. The van der Waals surface area contributed by atoms with E-state index < -0.39 is 0 Å². The quantitative estimate of drug-likeness (QED) is 0.631. The van der Waals surface area contributed by atoms with Gasteiger partial charge in [-0.1, -0.05) is 17.7 Å². The number of piperidine rings is 1. The minimum atomic E-state index is -0.0620. The zero-order valence-electron chi connectivity index (χ0n) is 18.0. The monoisotopic (exact) mass is 429 g/mol. The number of hydrogen-bond acceptors (Lipinski definition) is 6. The molecule has 0 atom stereocenters. The van der Waals surface area contributed by atoms with E-state index >= 15 is 0 Å². The van der Waals surface area contributed by atoms with E-state index in [1.54, 1.807) is 10.3 Å². The van der Waals surface area contributed by atoms with E-state index in [0.717, 1.165) is 18.7 Å². The Morgan fingerprint density at radius 2 is 1.90 bits per heavy atom. The van der Waals surface area contributed by atoms with E-state index in [1.165, 1.54) is 16.9 Å². The lowest BCUT2D eigenvalue weighted by Crippen LogP contribution is -2.43. The highest BCUT2D eigenvalue weighted by atomic mass is 32.1. The smallest absolute Gasteiger partial charge is 0.273 e. The van der Waals surface area contributed by atoms with Crippen LogP contribution in [0.25, 0.3) is 0 Å². The summed E-state index contributed by atoms with van der Waals surface area (Å²) < 4.78 is 0. The van der Waals surface area contributed by atoms with Gasteiger partial charge in [0, 0.05) is 36.6 Å². The maximum atomic E-state index is 12.8. The van der Waals surface area contributed by atoms with Gasteiger partial charge in [-0.15, -0.1) is 11.3 Å². The van der Waals surface area contributed by atoms with Crippen LogP contribution in [-0.4, -0.2) is 66.9 Å². The van der Waals surface area contributed by atoms with Crippen molar-refractivity contribution in [2.24, 2.45) is 5.92 Å². The third-order valence-corrected chi connectivity index (χ3v) is 6.02. The molecule has 0 radical (unpaired) electrons. The lowest BCUT2D eigenvalue weighted by atomic mass is 9.95. The molecule has 2 N–H and O–H groups in total. The predicted molar refractivity (Wildman–Crippen MR) is 121 cm³/mol. The molecular formula is C22H31N5O2S. The zero-order chi connectivity index (χ0) is 21.5. The largest absolute Gasteiger partial charge is 0.356 e. The average molecular weight is 430 g/mol. The van der Waals surface area contributed by atoms with Gasteiger partial charge in [0.05, 0.1) is 0 Å². The van der Waals surface area contributed by atoms with E-state index in [0.29, 0.717) is 43.3 Å². The number of carbonyl (C=O) groups excluding carboxylic acids is 2. The Kier molecular flexibility index (Phi) is 7.81. The minimum absolute atomic E-state index is 0.0115. The molecule has 1 fully saturated rings. The van der Waals surface area contributed by atoms with Crippen molar-refractivity contribution in [3.63, 3.8) is 0 Å². The number of aryl methyl sites for hydroxylation is 1. The molecule has 1 aromatic carbocycles. The van der Waals surface area contributed by atoms with Crippen LogP contribution in [0, 0.1) is 12.8 Å². The highest BCUT2D eigenvalue weighted by molar-refractivity contribution is 7.14. The molecule has 162 valence electrons. The number of carbonyl (C=O) groups is 2. The van der Waals surface area contributed by atoms with Crippen LogP contribution in [0.4, 0.5) is 10.8 Å². The fourth-order valence-corrected chi connectivity index (χ4v) is 4.15. The SMILES string of the molecule is Cc1ccc(Nc2nc(C(=O)N3CCC(C(=O)NCCCN(C)C)CC3)cs2)cc1. The van der Waals surface area contributed by atoms with Gasteiger partial charge < -0.3 is 20.4 Å². The average Bonchev–Trinajstić information content (AvgIpc) is 3.20. The van der Waals surface area contributed by atoms with Crippen LogP contribution in [0.1, 0.15) is 35.3 Å². The molecule has 1 aromatic heterocycles. The third-order valence-electron chi connectivity index (χ3n) is 5.26. The summed E-state index contributed by atoms with van der Waals surface area (Å²) in [5.74, 6) is 0.0368. The van der Waals surface area contributed by atoms with Crippen molar-refractivity contribution < 1.29 is 9.59 Å². The van der Waals surface area contributed by atoms with E-state index in [2.05, 4.69) is 20.5 Å². The summed E-state index contributed by atoms with van der Waals surface area (Å²) in [4.78, 5) is 33.5. The Bertz CT molecular complexity index is 841. The molecule has 2 heterocycles. The van der Waals surface area contributed by atoms with Crippen molar-refractivity contribution in [3.8, 4) is 0 Å². The second-order valence-corrected chi connectivity index (χ2v) is 8.90. The molecule has 0 aliphatic carbocycles. The molecule has 1 aliphatic heterocycles. The number of anilines is 2. The molecule has 0 spiro atoms. The number of benzene rings is 1. The van der Waals surface area contributed by atoms with E-state index in [1.807, 2.05) is 45.3 Å². The number of thiazole rings is 1. The van der Waals surface area contributed by atoms with Crippen LogP contribution in [0.2, 0.25) is 0 Å². The first kappa shape index (κ1) is 22.2. The molecule has 2 aromatic rings. The van der Waals surface area contributed by atoms with Crippen molar-refractivity contribution in [2.75, 3.05) is 45.6 Å². The molecule has 1 saturated heterocycles. The summed E-state index contributed by atoms with van der Waals surface area (Å²) in [6.45, 7) is 4.88. The second kappa shape index (κ2) is 10.5. The molecule has 7 nitrogen and oxygen atoms in total. The van der Waals surface area contributed by atoms with Gasteiger partial charge in [-0.2, -0.15) is 0 Å². The number of likely N-dealkylation sites (tertiary alicyclic amines) is 1. The topological polar surface area (TPSA) is 77.6 Å². The molecule has 0 bridgehead atoms. The summed E-state index contributed by atoms with van der Waals surface area (Å²) >= 11 is 1.42. The van der Waals surface area contributed by atoms with E-state index in [4.69, 9.17) is 0 Å². The first-order valence-corrected chi connectivity index (χ1v) is 11.3. The minimum Gasteiger partial charge on any atom is -0.356 e. The van der Waals surface area contributed by atoms with Crippen LogP contribution < -0.4 is 10.6 Å². The molecule has 0 saturated carbocycles. The summed E-state index contributed by atoms with van der Waals surface area (Å²) in [6, 6.07) is 8.05. The van der Waals surface area contributed by atoms with Crippen LogP contribution in [-0.2, 0) is 4.79 Å². The Hall–Kier alpha value is -2.45. The molecular weight excluding hydrogens is 398 g/mol. The third kappa shape index (κ3) is 6.27. The lowest BCUT2D eigenvalue weighted by Gasteiger charge is -2.31. The van der Waals surface area contributed by atoms with Gasteiger partial charge in [0.25, 0.3) is 5.91 Å². The summed E-state index contributed by atoms with van der Waals surface area (Å²) in [5.41, 5.74) is 2.61. The number of rotatable bonds is 8. The number of amides is 2. The predicted octanol–water partition coefficient (Wildman–Crippen LogP) is 3.12. The van der Waals surface area contributed by atoms with Gasteiger partial charge >= 0.3 is 0 Å². The number of nitrogens with zero attached hydrogens (tertiary/aromatic N) is 3. The van der Waals surface area contributed by atoms with Crippen LogP contribution in [0.5, 0.6) is 0 Å². The summed E-state index contributed by atoms with van der Waals surface area (Å²) in [7, 11) is 4.05. The van der Waals surface area contributed by atoms with Gasteiger partial charge in [0.1, 0.15) is 5.69 Å². The van der Waals surface area contributed by atoms with Crippen molar-refractivity contribution >= 4 is 34.0 Å². The normalized spacial score (nSPS) is 14.7. The zero-order valence-corrected chi connectivity index (χ0v) is 18.8. The van der Waals surface area contributed by atoms with Crippen LogP contribution >= 0.6 is 11.3 Å². The first-order valence-electron chi connectivity index (χ1n) is 10.4. The van der Waals surface area contributed by atoms with Gasteiger partial charge in [-0.3, -0.25) is 9.59 Å². The lowest BCUT2D eigenvalue weighted by molar-refractivity contribution is -0.126. The Balaban J connectivity index is 1.45. The molecule has 2 amide bonds. The fourth-order valence-electron chi connectivity index (χ4n) is 3.45. The van der Waals surface area contributed by atoms with Crippen LogP contribution in [0.15, 0.2) is 29.6 Å². The Labute approximate surface area is 182 Å². The maximum absolute atomic E-state index is 12.8. The van der Waals surface area contributed by atoms with Gasteiger partial charge in [-0.05, 0) is 59.0 Å². The highest BCUT2D eigenvalue weighted by Gasteiger charge is 2.28. The molecule has 3 rings (SSSR count). The second-order valence-electron chi connectivity index (χ2n) is 8.04. The van der Waals surface area contributed by atoms with Gasteiger partial charge in [-0.25, -0.2) is 4.98 Å². The standard InChI is InChI=1S/C22H31N5O2S/c1-16-5-7-18(8-6-16)24-22-25-19(15-30-22)21(29)27-13-9-17(10-14-27)20(28)23-11-4-12-26(2)3/h5-8,15,17H,4,9-14H2,1-3H3,(H,23,28)(H,24,25). The number of hydrogen-bond donors (Lipinski definition) is 2. The van der Waals surface area contributed by atoms with Crippen molar-refractivity contribution in [1.29, 1.82) is 0 Å². The molecule has 30 heavy (non-hydrogen) atoms. The molecule has 1 aliphatic rings. The van der Waals surface area contributed by atoms with Crippen molar-refractivity contribution in [2.45, 2.75) is 26.2 Å². The maximum Gasteiger partial charge on any atom is 0.273 e. The summed E-state index contributed by atoms with van der Waals surface area (Å²) in [6.07, 6.45) is 2.34. The van der Waals surface area contributed by atoms with Gasteiger partial charge in [0.15, 0.2) is 5.13 Å². The molecule has 8 heteroatoms. The highest BCUT2D eigenvalue weighted by Crippen LogP contribution is 2.24. The van der Waals surface area contributed by atoms with Crippen LogP contribution in [0.3, 0.4) is 0 Å². The van der Waals surface area contributed by atoms with E-state index in [-0.39, 0.29) is 17.7 Å². The Morgan fingerprint density at radius 3 is 2.57 bits per heavy atom. The fraction of sp³-hybridized carbons (Fsp3) is 0.500. The van der Waals surface area contributed by atoms with Crippen molar-refractivity contribution in [1.82, 2.24) is 20.1 Å². The number of nitrogens with one attached hydrogen (secondary N) is 2. The molecule has 0 unspecified atom stereocenters. The van der Waals surface area contributed by atoms with E-state index in [9.17, 15) is 9.59 Å².